The average Bonchev–Trinajstić information content (AvgIpc) is 2.86. The summed E-state index contributed by atoms with van der Waals surface area (Å²) in [7, 11) is 1.64. The maximum atomic E-state index is 11.1. The maximum absolute atomic E-state index is 11.1. The minimum Gasteiger partial charge on any atom is -0.497 e. The number of rotatable bonds is 5. The van der Waals surface area contributed by atoms with E-state index >= 15 is 0 Å². The first-order valence-corrected chi connectivity index (χ1v) is 7.00. The predicted octanol–water partition coefficient (Wildman–Crippen LogP) is 2.92. The number of nitrogens with one attached hydrogen (secondary N) is 1. The highest BCUT2D eigenvalue weighted by atomic mass is 35.5. The Hall–Kier alpha value is -1.59. The van der Waals surface area contributed by atoms with Gasteiger partial charge in [-0.05, 0) is 17.7 Å². The first kappa shape index (κ1) is 13.8. The molecule has 1 amide bonds. The standard InChI is InChI=1S/C13H13ClN2O2S/c1-18-10-4-2-9(3-5-10)6-11-8-15-13(19-11)16-12(17)7-14/h2-5,8H,6-7H2,1H3,(H,15,16,17). The molecule has 0 saturated carbocycles. The van der Waals surface area contributed by atoms with E-state index in [1.54, 1.807) is 13.3 Å². The first-order chi connectivity index (χ1) is 9.21. The molecule has 0 unspecified atom stereocenters. The molecule has 0 aliphatic carbocycles. The molecule has 2 aromatic rings. The lowest BCUT2D eigenvalue weighted by Gasteiger charge is -2.01. The summed E-state index contributed by atoms with van der Waals surface area (Å²) in [6.07, 6.45) is 2.54. The molecule has 0 aliphatic rings. The summed E-state index contributed by atoms with van der Waals surface area (Å²) in [6, 6.07) is 7.87. The molecule has 1 N–H and O–H groups in total. The number of hydrogen-bond donors (Lipinski definition) is 1. The van der Waals surface area contributed by atoms with E-state index in [0.717, 1.165) is 17.0 Å². The Morgan fingerprint density at radius 3 is 2.79 bits per heavy atom. The van der Waals surface area contributed by atoms with Crippen molar-refractivity contribution < 1.29 is 9.53 Å². The summed E-state index contributed by atoms with van der Waals surface area (Å²) in [5, 5.41) is 3.21. The van der Waals surface area contributed by atoms with E-state index in [4.69, 9.17) is 16.3 Å². The topological polar surface area (TPSA) is 51.2 Å². The number of hydrogen-bond acceptors (Lipinski definition) is 4. The number of halogens is 1. The number of aromatic nitrogens is 1. The highest BCUT2D eigenvalue weighted by Crippen LogP contribution is 2.22. The monoisotopic (exact) mass is 296 g/mol. The molecule has 0 fully saturated rings. The molecule has 0 aliphatic heterocycles. The van der Waals surface area contributed by atoms with Crippen LogP contribution in [0.2, 0.25) is 0 Å². The van der Waals surface area contributed by atoms with Crippen LogP contribution in [0.4, 0.5) is 5.13 Å². The number of amides is 1. The molecule has 100 valence electrons. The fraction of sp³-hybridized carbons (Fsp3) is 0.231. The zero-order valence-electron chi connectivity index (χ0n) is 10.4. The minimum atomic E-state index is -0.244. The van der Waals surface area contributed by atoms with Gasteiger partial charge < -0.3 is 10.1 Å². The second-order valence-electron chi connectivity index (χ2n) is 3.84. The van der Waals surface area contributed by atoms with Gasteiger partial charge in [0.15, 0.2) is 5.13 Å². The van der Waals surface area contributed by atoms with E-state index in [9.17, 15) is 4.79 Å². The van der Waals surface area contributed by atoms with Gasteiger partial charge in [0.2, 0.25) is 5.91 Å². The Kier molecular flexibility index (Phi) is 4.76. The summed E-state index contributed by atoms with van der Waals surface area (Å²) in [5.41, 5.74) is 1.17. The SMILES string of the molecule is COc1ccc(Cc2cnc(NC(=O)CCl)s2)cc1. The Labute approximate surface area is 120 Å². The van der Waals surface area contributed by atoms with Gasteiger partial charge in [0.05, 0.1) is 7.11 Å². The number of methoxy groups -OCH3 is 1. The number of benzene rings is 1. The van der Waals surface area contributed by atoms with E-state index in [1.165, 1.54) is 16.9 Å². The predicted molar refractivity (Wildman–Crippen MR) is 77.3 cm³/mol. The van der Waals surface area contributed by atoms with Crippen molar-refractivity contribution in [3.63, 3.8) is 0 Å². The fourth-order valence-corrected chi connectivity index (χ4v) is 2.47. The summed E-state index contributed by atoms with van der Waals surface area (Å²) < 4.78 is 5.11. The van der Waals surface area contributed by atoms with Crippen molar-refractivity contribution in [1.82, 2.24) is 4.98 Å². The van der Waals surface area contributed by atoms with Gasteiger partial charge in [-0.2, -0.15) is 0 Å². The van der Waals surface area contributed by atoms with Gasteiger partial charge in [0.25, 0.3) is 0 Å². The number of carbonyl (C=O) groups excluding carboxylic acids is 1. The van der Waals surface area contributed by atoms with Gasteiger partial charge in [-0.25, -0.2) is 4.98 Å². The maximum Gasteiger partial charge on any atom is 0.241 e. The number of ether oxygens (including phenoxy) is 1. The van der Waals surface area contributed by atoms with Crippen molar-refractivity contribution in [2.75, 3.05) is 18.3 Å². The average molecular weight is 297 g/mol. The van der Waals surface area contributed by atoms with Crippen LogP contribution in [0.15, 0.2) is 30.5 Å². The minimum absolute atomic E-state index is 0.0621. The number of thiazole rings is 1. The van der Waals surface area contributed by atoms with Crippen molar-refractivity contribution in [3.05, 3.63) is 40.9 Å². The Bertz CT molecular complexity index is 554. The van der Waals surface area contributed by atoms with Gasteiger partial charge in [0.1, 0.15) is 11.6 Å². The third-order valence-electron chi connectivity index (χ3n) is 2.46. The number of nitrogens with zero attached hydrogens (tertiary/aromatic N) is 1. The van der Waals surface area contributed by atoms with Crippen LogP contribution >= 0.6 is 22.9 Å². The Morgan fingerprint density at radius 1 is 1.42 bits per heavy atom. The third kappa shape index (κ3) is 3.94. The van der Waals surface area contributed by atoms with Gasteiger partial charge in [-0.1, -0.05) is 12.1 Å². The van der Waals surface area contributed by atoms with Crippen LogP contribution in [-0.4, -0.2) is 23.9 Å². The summed E-state index contributed by atoms with van der Waals surface area (Å²) in [6.45, 7) is 0. The van der Waals surface area contributed by atoms with Gasteiger partial charge in [0, 0.05) is 17.5 Å². The first-order valence-electron chi connectivity index (χ1n) is 5.64. The number of anilines is 1. The molecule has 0 saturated heterocycles. The quantitative estimate of drug-likeness (QED) is 0.863. The van der Waals surface area contributed by atoms with Crippen molar-refractivity contribution in [2.45, 2.75) is 6.42 Å². The lowest BCUT2D eigenvalue weighted by atomic mass is 10.1. The van der Waals surface area contributed by atoms with E-state index in [2.05, 4.69) is 10.3 Å². The van der Waals surface area contributed by atoms with Gasteiger partial charge >= 0.3 is 0 Å². The summed E-state index contributed by atoms with van der Waals surface area (Å²) in [4.78, 5) is 16.3. The molecule has 0 atom stereocenters. The lowest BCUT2D eigenvalue weighted by molar-refractivity contribution is -0.113. The largest absolute Gasteiger partial charge is 0.497 e. The van der Waals surface area contributed by atoms with Crippen LogP contribution in [-0.2, 0) is 11.2 Å². The highest BCUT2D eigenvalue weighted by molar-refractivity contribution is 7.15. The van der Waals surface area contributed by atoms with Crippen LogP contribution in [0.25, 0.3) is 0 Å². The van der Waals surface area contributed by atoms with E-state index in [0.29, 0.717) is 5.13 Å². The van der Waals surface area contributed by atoms with Crippen LogP contribution in [0.3, 0.4) is 0 Å². The molecule has 0 radical (unpaired) electrons. The van der Waals surface area contributed by atoms with Crippen LogP contribution in [0.1, 0.15) is 10.4 Å². The summed E-state index contributed by atoms with van der Waals surface area (Å²) in [5.74, 6) is 0.531. The summed E-state index contributed by atoms with van der Waals surface area (Å²) >= 11 is 6.87. The van der Waals surface area contributed by atoms with Crippen LogP contribution in [0, 0.1) is 0 Å². The molecule has 4 nitrogen and oxygen atoms in total. The number of carbonyl (C=O) groups is 1. The molecule has 1 aromatic heterocycles. The lowest BCUT2D eigenvalue weighted by Crippen LogP contribution is -2.11. The molecule has 1 heterocycles. The Morgan fingerprint density at radius 2 is 2.16 bits per heavy atom. The van der Waals surface area contributed by atoms with Crippen molar-refractivity contribution in [2.24, 2.45) is 0 Å². The van der Waals surface area contributed by atoms with Crippen molar-refractivity contribution >= 4 is 34.0 Å². The number of alkyl halides is 1. The molecule has 1 aromatic carbocycles. The molecule has 0 bridgehead atoms. The molecular formula is C13H13ClN2O2S. The molecule has 19 heavy (non-hydrogen) atoms. The van der Waals surface area contributed by atoms with Crippen LogP contribution in [0.5, 0.6) is 5.75 Å². The van der Waals surface area contributed by atoms with Gasteiger partial charge in [-0.3, -0.25) is 4.79 Å². The molecule has 0 spiro atoms. The molecule has 6 heteroatoms. The molecule has 2 rings (SSSR count). The zero-order chi connectivity index (χ0) is 13.7. The zero-order valence-corrected chi connectivity index (χ0v) is 11.9. The van der Waals surface area contributed by atoms with Crippen molar-refractivity contribution in [3.8, 4) is 5.75 Å². The second-order valence-corrected chi connectivity index (χ2v) is 5.22. The smallest absolute Gasteiger partial charge is 0.241 e. The van der Waals surface area contributed by atoms with Gasteiger partial charge in [-0.15, -0.1) is 22.9 Å². The third-order valence-corrected chi connectivity index (χ3v) is 3.61. The highest BCUT2D eigenvalue weighted by Gasteiger charge is 2.06. The van der Waals surface area contributed by atoms with E-state index in [1.807, 2.05) is 24.3 Å². The fourth-order valence-electron chi connectivity index (χ4n) is 1.54. The van der Waals surface area contributed by atoms with Crippen molar-refractivity contribution in [1.29, 1.82) is 0 Å². The van der Waals surface area contributed by atoms with Crippen LogP contribution < -0.4 is 10.1 Å². The second kappa shape index (κ2) is 6.54. The van der Waals surface area contributed by atoms with E-state index in [-0.39, 0.29) is 11.8 Å². The normalized spacial score (nSPS) is 10.2. The van der Waals surface area contributed by atoms with E-state index < -0.39 is 0 Å². The molecular weight excluding hydrogens is 284 g/mol. The Balaban J connectivity index is 2.00.